The predicted molar refractivity (Wildman–Crippen MR) is 68.9 cm³/mol. The van der Waals surface area contributed by atoms with Gasteiger partial charge in [0.15, 0.2) is 0 Å². The minimum absolute atomic E-state index is 0.293. The molecule has 1 N–H and O–H groups in total. The molecule has 0 bridgehead atoms. The molecule has 0 aliphatic carbocycles. The van der Waals surface area contributed by atoms with E-state index in [9.17, 15) is 9.59 Å². The van der Waals surface area contributed by atoms with E-state index in [0.29, 0.717) is 13.2 Å². The maximum Gasteiger partial charge on any atom is 0.330 e. The first-order chi connectivity index (χ1) is 8.72. The highest BCUT2D eigenvalue weighted by Crippen LogP contribution is 1.97. The molecule has 0 aliphatic rings. The predicted octanol–water partition coefficient (Wildman–Crippen LogP) is 1.46. The molecule has 0 fully saturated rings. The second kappa shape index (κ2) is 8.06. The molecule has 1 amide bonds. The molecule has 0 aliphatic heterocycles. The van der Waals surface area contributed by atoms with Crippen LogP contribution in [-0.2, 0) is 20.7 Å². The number of carbonyl (C=O) groups is 2. The standard InChI is InChI=1S/C14H17NO3/c1-2-18-14(17)9-8-13(16)15-11-10-12-6-4-3-5-7-12/h3-9H,2,10-11H2,1H3,(H,15,16)/b9-8+. The Morgan fingerprint density at radius 3 is 2.61 bits per heavy atom. The molecule has 0 unspecified atom stereocenters. The topological polar surface area (TPSA) is 55.4 Å². The van der Waals surface area contributed by atoms with Crippen LogP contribution < -0.4 is 5.32 Å². The Kier molecular flexibility index (Phi) is 6.25. The zero-order valence-corrected chi connectivity index (χ0v) is 10.4. The number of nitrogens with one attached hydrogen (secondary N) is 1. The maximum atomic E-state index is 11.3. The fourth-order valence-corrected chi connectivity index (χ4v) is 1.37. The summed E-state index contributed by atoms with van der Waals surface area (Å²) in [7, 11) is 0. The Morgan fingerprint density at radius 1 is 1.22 bits per heavy atom. The molecular weight excluding hydrogens is 230 g/mol. The van der Waals surface area contributed by atoms with Gasteiger partial charge in [0, 0.05) is 18.7 Å². The SMILES string of the molecule is CCOC(=O)/C=C/C(=O)NCCc1ccccc1. The minimum atomic E-state index is -0.504. The third kappa shape index (κ3) is 5.84. The molecule has 0 heterocycles. The van der Waals surface area contributed by atoms with Crippen LogP contribution in [0.25, 0.3) is 0 Å². The van der Waals surface area contributed by atoms with Crippen LogP contribution in [0.5, 0.6) is 0 Å². The lowest BCUT2D eigenvalue weighted by atomic mass is 10.1. The molecule has 0 saturated carbocycles. The second-order valence-corrected chi connectivity index (χ2v) is 3.61. The molecule has 1 aromatic carbocycles. The molecule has 0 aromatic heterocycles. The van der Waals surface area contributed by atoms with Gasteiger partial charge in [-0.05, 0) is 18.9 Å². The lowest BCUT2D eigenvalue weighted by Crippen LogP contribution is -2.23. The number of carbonyl (C=O) groups excluding carboxylic acids is 2. The highest BCUT2D eigenvalue weighted by atomic mass is 16.5. The molecule has 4 nitrogen and oxygen atoms in total. The summed E-state index contributed by atoms with van der Waals surface area (Å²) in [6.07, 6.45) is 3.07. The summed E-state index contributed by atoms with van der Waals surface area (Å²) in [6.45, 7) is 2.56. The van der Waals surface area contributed by atoms with E-state index in [4.69, 9.17) is 0 Å². The van der Waals surface area contributed by atoms with Gasteiger partial charge in [-0.1, -0.05) is 30.3 Å². The summed E-state index contributed by atoms with van der Waals surface area (Å²) < 4.78 is 4.66. The molecule has 0 spiro atoms. The van der Waals surface area contributed by atoms with Crippen LogP contribution >= 0.6 is 0 Å². The van der Waals surface area contributed by atoms with Crippen molar-refractivity contribution in [2.45, 2.75) is 13.3 Å². The van der Waals surface area contributed by atoms with Gasteiger partial charge in [0.05, 0.1) is 6.61 Å². The van der Waals surface area contributed by atoms with E-state index in [-0.39, 0.29) is 5.91 Å². The van der Waals surface area contributed by atoms with Crippen LogP contribution in [0, 0.1) is 0 Å². The molecule has 0 atom stereocenters. The summed E-state index contributed by atoms with van der Waals surface area (Å²) in [4.78, 5) is 22.3. The van der Waals surface area contributed by atoms with Crippen molar-refractivity contribution in [1.29, 1.82) is 0 Å². The van der Waals surface area contributed by atoms with Crippen LogP contribution in [0.2, 0.25) is 0 Å². The van der Waals surface area contributed by atoms with Gasteiger partial charge in [-0.2, -0.15) is 0 Å². The van der Waals surface area contributed by atoms with E-state index >= 15 is 0 Å². The van der Waals surface area contributed by atoms with E-state index < -0.39 is 5.97 Å². The Hall–Kier alpha value is -2.10. The Morgan fingerprint density at radius 2 is 1.94 bits per heavy atom. The van der Waals surface area contributed by atoms with Crippen LogP contribution in [0.4, 0.5) is 0 Å². The largest absolute Gasteiger partial charge is 0.463 e. The maximum absolute atomic E-state index is 11.3. The summed E-state index contributed by atoms with van der Waals surface area (Å²) in [5.41, 5.74) is 1.16. The van der Waals surface area contributed by atoms with E-state index in [1.807, 2.05) is 30.3 Å². The molecular formula is C14H17NO3. The highest BCUT2D eigenvalue weighted by molar-refractivity contribution is 5.94. The zero-order valence-electron chi connectivity index (χ0n) is 10.4. The molecule has 1 aromatic rings. The molecule has 0 radical (unpaired) electrons. The molecule has 4 heteroatoms. The number of amides is 1. The Balaban J connectivity index is 2.23. The van der Waals surface area contributed by atoms with E-state index in [0.717, 1.165) is 18.1 Å². The van der Waals surface area contributed by atoms with Crippen molar-refractivity contribution in [1.82, 2.24) is 5.32 Å². The van der Waals surface area contributed by atoms with E-state index in [1.54, 1.807) is 6.92 Å². The van der Waals surface area contributed by atoms with Crippen molar-refractivity contribution >= 4 is 11.9 Å². The summed E-state index contributed by atoms with van der Waals surface area (Å²) >= 11 is 0. The van der Waals surface area contributed by atoms with Crippen molar-refractivity contribution in [3.8, 4) is 0 Å². The van der Waals surface area contributed by atoms with Gasteiger partial charge in [-0.15, -0.1) is 0 Å². The van der Waals surface area contributed by atoms with Crippen molar-refractivity contribution in [2.75, 3.05) is 13.2 Å². The lowest BCUT2D eigenvalue weighted by molar-refractivity contribution is -0.137. The first kappa shape index (κ1) is 14.0. The summed E-state index contributed by atoms with van der Waals surface area (Å²) in [5, 5.41) is 2.70. The second-order valence-electron chi connectivity index (χ2n) is 3.61. The molecule has 1 rings (SSSR count). The average molecular weight is 247 g/mol. The number of esters is 1. The average Bonchev–Trinajstić information content (AvgIpc) is 2.38. The third-order valence-electron chi connectivity index (χ3n) is 2.21. The zero-order chi connectivity index (χ0) is 13.2. The Bertz CT molecular complexity index is 412. The van der Waals surface area contributed by atoms with Gasteiger partial charge in [-0.25, -0.2) is 4.79 Å². The van der Waals surface area contributed by atoms with E-state index in [2.05, 4.69) is 10.1 Å². The summed E-state index contributed by atoms with van der Waals surface area (Å²) in [6, 6.07) is 9.86. The van der Waals surface area contributed by atoms with Gasteiger partial charge in [0.2, 0.25) is 5.91 Å². The number of ether oxygens (including phenoxy) is 1. The molecule has 96 valence electrons. The normalized spacial score (nSPS) is 10.3. The van der Waals surface area contributed by atoms with Crippen LogP contribution in [0.1, 0.15) is 12.5 Å². The minimum Gasteiger partial charge on any atom is -0.463 e. The summed E-state index contributed by atoms with van der Waals surface area (Å²) in [5.74, 6) is -0.797. The van der Waals surface area contributed by atoms with Gasteiger partial charge < -0.3 is 10.1 Å². The fraction of sp³-hybridized carbons (Fsp3) is 0.286. The van der Waals surface area contributed by atoms with Gasteiger partial charge >= 0.3 is 5.97 Å². The highest BCUT2D eigenvalue weighted by Gasteiger charge is 1.98. The number of benzene rings is 1. The third-order valence-corrected chi connectivity index (χ3v) is 2.21. The van der Waals surface area contributed by atoms with Crippen molar-refractivity contribution in [2.24, 2.45) is 0 Å². The quantitative estimate of drug-likeness (QED) is 0.611. The van der Waals surface area contributed by atoms with Gasteiger partial charge in [-0.3, -0.25) is 4.79 Å². The van der Waals surface area contributed by atoms with Gasteiger partial charge in [0.1, 0.15) is 0 Å². The number of rotatable bonds is 6. The number of hydrogen-bond donors (Lipinski definition) is 1. The van der Waals surface area contributed by atoms with Gasteiger partial charge in [0.25, 0.3) is 0 Å². The first-order valence-corrected chi connectivity index (χ1v) is 5.89. The fourth-order valence-electron chi connectivity index (χ4n) is 1.37. The van der Waals surface area contributed by atoms with Crippen LogP contribution in [0.15, 0.2) is 42.5 Å². The van der Waals surface area contributed by atoms with Crippen molar-refractivity contribution < 1.29 is 14.3 Å². The first-order valence-electron chi connectivity index (χ1n) is 5.89. The number of hydrogen-bond acceptors (Lipinski definition) is 3. The Labute approximate surface area is 107 Å². The van der Waals surface area contributed by atoms with Crippen molar-refractivity contribution in [3.63, 3.8) is 0 Å². The lowest BCUT2D eigenvalue weighted by Gasteiger charge is -2.02. The monoisotopic (exact) mass is 247 g/mol. The molecule has 0 saturated heterocycles. The van der Waals surface area contributed by atoms with E-state index in [1.165, 1.54) is 6.08 Å². The van der Waals surface area contributed by atoms with Crippen LogP contribution in [0.3, 0.4) is 0 Å². The van der Waals surface area contributed by atoms with Crippen molar-refractivity contribution in [3.05, 3.63) is 48.0 Å². The molecule has 18 heavy (non-hydrogen) atoms. The smallest absolute Gasteiger partial charge is 0.330 e. The van der Waals surface area contributed by atoms with Crippen LogP contribution in [-0.4, -0.2) is 25.0 Å².